The first kappa shape index (κ1) is 18.7. The van der Waals surface area contributed by atoms with Crippen LogP contribution >= 0.6 is 0 Å². The lowest BCUT2D eigenvalue weighted by Gasteiger charge is -2.14. The summed E-state index contributed by atoms with van der Waals surface area (Å²) in [4.78, 5) is 16.5. The Kier molecular flexibility index (Phi) is 5.44. The van der Waals surface area contributed by atoms with E-state index in [0.717, 1.165) is 60.3 Å². The molecule has 5 nitrogen and oxygen atoms in total. The van der Waals surface area contributed by atoms with Crippen LogP contribution in [0.1, 0.15) is 48.7 Å². The van der Waals surface area contributed by atoms with Crippen molar-refractivity contribution in [1.82, 2.24) is 4.98 Å². The highest BCUT2D eigenvalue weighted by Crippen LogP contribution is 2.35. The molecule has 2 aromatic rings. The number of ether oxygens (including phenoxy) is 1. The number of anilines is 2. The van der Waals surface area contributed by atoms with Crippen molar-refractivity contribution in [3.05, 3.63) is 58.9 Å². The second-order valence-corrected chi connectivity index (χ2v) is 7.44. The van der Waals surface area contributed by atoms with Gasteiger partial charge in [-0.15, -0.1) is 0 Å². The van der Waals surface area contributed by atoms with Gasteiger partial charge in [-0.05, 0) is 73.9 Å². The van der Waals surface area contributed by atoms with Crippen LogP contribution in [-0.4, -0.2) is 28.8 Å². The van der Waals surface area contributed by atoms with E-state index in [0.29, 0.717) is 13.0 Å². The van der Waals surface area contributed by atoms with E-state index in [-0.39, 0.29) is 12.1 Å². The molecule has 2 aliphatic carbocycles. The molecule has 1 aromatic heterocycles. The van der Waals surface area contributed by atoms with Gasteiger partial charge in [0.25, 0.3) is 0 Å². The molecule has 5 heteroatoms. The molecule has 2 aliphatic rings. The highest BCUT2D eigenvalue weighted by Gasteiger charge is 2.22. The van der Waals surface area contributed by atoms with Crippen LogP contribution in [0.4, 0.5) is 11.4 Å². The fourth-order valence-electron chi connectivity index (χ4n) is 3.97. The van der Waals surface area contributed by atoms with Gasteiger partial charge in [0.05, 0.1) is 24.8 Å². The largest absolute Gasteiger partial charge is 0.466 e. The topological polar surface area (TPSA) is 71.5 Å². The van der Waals surface area contributed by atoms with Gasteiger partial charge in [0.2, 0.25) is 0 Å². The minimum atomic E-state index is -0.353. The lowest BCUT2D eigenvalue weighted by atomic mass is 10.1. The van der Waals surface area contributed by atoms with E-state index in [1.807, 2.05) is 37.3 Å². The van der Waals surface area contributed by atoms with Crippen LogP contribution in [0.15, 0.2) is 36.4 Å². The standard InChI is InChI=1S/C23H26N2O3/c1-2-28-23(27)12-15-6-9-17(10-7-15)24-22-14-21(16-8-11-18(26)13-16)25-20-5-3-4-19(20)22/h6-7,9-10,13-14,18,26H,2-5,8,11-12H2,1H3,(H,24,25). The number of nitrogens with zero attached hydrogens (tertiary/aromatic N) is 1. The number of aliphatic hydroxyl groups is 1. The Labute approximate surface area is 165 Å². The summed E-state index contributed by atoms with van der Waals surface area (Å²) in [6, 6.07) is 10.0. The van der Waals surface area contributed by atoms with E-state index in [9.17, 15) is 9.90 Å². The summed E-state index contributed by atoms with van der Waals surface area (Å²) >= 11 is 0. The molecule has 4 rings (SSSR count). The quantitative estimate of drug-likeness (QED) is 0.745. The number of hydrogen-bond acceptors (Lipinski definition) is 5. The molecular formula is C23H26N2O3. The van der Waals surface area contributed by atoms with Gasteiger partial charge < -0.3 is 15.2 Å². The first-order valence-electron chi connectivity index (χ1n) is 10.1. The van der Waals surface area contributed by atoms with Crippen LogP contribution in [-0.2, 0) is 28.8 Å². The summed E-state index contributed by atoms with van der Waals surface area (Å²) in [7, 11) is 0. The fourth-order valence-corrected chi connectivity index (χ4v) is 3.97. The average Bonchev–Trinajstić information content (AvgIpc) is 3.32. The zero-order valence-corrected chi connectivity index (χ0v) is 16.2. The Hall–Kier alpha value is -2.66. The SMILES string of the molecule is CCOC(=O)Cc1ccc(Nc2cc(C3=CC(O)CC3)nc3c2CCC3)cc1. The average molecular weight is 378 g/mol. The maximum Gasteiger partial charge on any atom is 0.310 e. The molecular weight excluding hydrogens is 352 g/mol. The Bertz CT molecular complexity index is 903. The molecule has 1 atom stereocenters. The third-order valence-corrected chi connectivity index (χ3v) is 5.37. The molecule has 0 bridgehead atoms. The van der Waals surface area contributed by atoms with Crippen molar-refractivity contribution in [3.8, 4) is 0 Å². The fraction of sp³-hybridized carbons (Fsp3) is 0.391. The van der Waals surface area contributed by atoms with E-state index in [2.05, 4.69) is 11.4 Å². The maximum atomic E-state index is 11.6. The number of hydrogen-bond donors (Lipinski definition) is 2. The minimum absolute atomic E-state index is 0.202. The van der Waals surface area contributed by atoms with Crippen molar-refractivity contribution in [3.63, 3.8) is 0 Å². The molecule has 0 spiro atoms. The third-order valence-electron chi connectivity index (χ3n) is 5.37. The number of nitrogens with one attached hydrogen (secondary N) is 1. The molecule has 0 fully saturated rings. The predicted molar refractivity (Wildman–Crippen MR) is 110 cm³/mol. The number of pyridine rings is 1. The van der Waals surface area contributed by atoms with Gasteiger partial charge in [-0.3, -0.25) is 9.78 Å². The maximum absolute atomic E-state index is 11.6. The summed E-state index contributed by atoms with van der Waals surface area (Å²) in [5, 5.41) is 13.4. The van der Waals surface area contributed by atoms with Gasteiger partial charge in [0, 0.05) is 17.1 Å². The monoisotopic (exact) mass is 378 g/mol. The lowest BCUT2D eigenvalue weighted by Crippen LogP contribution is -2.07. The second-order valence-electron chi connectivity index (χ2n) is 7.44. The Balaban J connectivity index is 1.55. The first-order valence-corrected chi connectivity index (χ1v) is 10.1. The summed E-state index contributed by atoms with van der Waals surface area (Å²) in [5.74, 6) is -0.202. The highest BCUT2D eigenvalue weighted by atomic mass is 16.5. The molecule has 0 aliphatic heterocycles. The number of aromatic nitrogens is 1. The number of aryl methyl sites for hydroxylation is 1. The number of benzene rings is 1. The second kappa shape index (κ2) is 8.15. The van der Waals surface area contributed by atoms with Gasteiger partial charge >= 0.3 is 5.97 Å². The zero-order valence-electron chi connectivity index (χ0n) is 16.2. The Morgan fingerprint density at radius 3 is 2.79 bits per heavy atom. The summed E-state index contributed by atoms with van der Waals surface area (Å²) in [6.45, 7) is 2.22. The molecule has 0 saturated heterocycles. The van der Waals surface area contributed by atoms with Crippen LogP contribution < -0.4 is 5.32 Å². The molecule has 28 heavy (non-hydrogen) atoms. The summed E-state index contributed by atoms with van der Waals surface area (Å²) in [6.07, 6.45) is 6.68. The Morgan fingerprint density at radius 1 is 1.25 bits per heavy atom. The van der Waals surface area contributed by atoms with Gasteiger partial charge in [0.1, 0.15) is 0 Å². The molecule has 1 unspecified atom stereocenters. The predicted octanol–water partition coefficient (Wildman–Crippen LogP) is 3.96. The van der Waals surface area contributed by atoms with Crippen molar-refractivity contribution in [2.24, 2.45) is 0 Å². The van der Waals surface area contributed by atoms with Crippen molar-refractivity contribution < 1.29 is 14.6 Å². The van der Waals surface area contributed by atoms with Gasteiger partial charge in [-0.25, -0.2) is 0 Å². The molecule has 146 valence electrons. The summed E-state index contributed by atoms with van der Waals surface area (Å²) in [5.41, 5.74) is 7.58. The van der Waals surface area contributed by atoms with Gasteiger partial charge in [-0.2, -0.15) is 0 Å². The van der Waals surface area contributed by atoms with Crippen LogP contribution in [0, 0.1) is 0 Å². The number of esters is 1. The zero-order chi connectivity index (χ0) is 19.5. The van der Waals surface area contributed by atoms with Crippen LogP contribution in [0.2, 0.25) is 0 Å². The minimum Gasteiger partial charge on any atom is -0.466 e. The third kappa shape index (κ3) is 4.09. The molecule has 1 aromatic carbocycles. The lowest BCUT2D eigenvalue weighted by molar-refractivity contribution is -0.142. The Morgan fingerprint density at radius 2 is 2.07 bits per heavy atom. The van der Waals surface area contributed by atoms with Gasteiger partial charge in [0.15, 0.2) is 0 Å². The normalized spacial score (nSPS) is 17.9. The molecule has 1 heterocycles. The van der Waals surface area contributed by atoms with Gasteiger partial charge in [-0.1, -0.05) is 18.2 Å². The number of allylic oxidation sites excluding steroid dienone is 1. The number of aliphatic hydroxyl groups excluding tert-OH is 1. The van der Waals surface area contributed by atoms with E-state index in [4.69, 9.17) is 9.72 Å². The molecule has 0 saturated carbocycles. The molecule has 2 N–H and O–H groups in total. The van der Waals surface area contributed by atoms with Crippen LogP contribution in [0.3, 0.4) is 0 Å². The number of rotatable bonds is 6. The van der Waals surface area contributed by atoms with Crippen molar-refractivity contribution in [1.29, 1.82) is 0 Å². The van der Waals surface area contributed by atoms with E-state index < -0.39 is 0 Å². The van der Waals surface area contributed by atoms with Crippen molar-refractivity contribution >= 4 is 22.9 Å². The number of carbonyl (C=O) groups is 1. The molecule has 0 amide bonds. The molecule has 0 radical (unpaired) electrons. The summed E-state index contributed by atoms with van der Waals surface area (Å²) < 4.78 is 5.01. The first-order chi connectivity index (χ1) is 13.6. The van der Waals surface area contributed by atoms with E-state index >= 15 is 0 Å². The smallest absolute Gasteiger partial charge is 0.310 e. The highest BCUT2D eigenvalue weighted by molar-refractivity contribution is 5.74. The number of carbonyl (C=O) groups excluding carboxylic acids is 1. The van der Waals surface area contributed by atoms with E-state index in [1.54, 1.807) is 0 Å². The van der Waals surface area contributed by atoms with E-state index in [1.165, 1.54) is 11.3 Å². The van der Waals surface area contributed by atoms with Crippen molar-refractivity contribution in [2.45, 2.75) is 51.6 Å². The van der Waals surface area contributed by atoms with Crippen molar-refractivity contribution in [2.75, 3.05) is 11.9 Å². The van der Waals surface area contributed by atoms with Crippen LogP contribution in [0.25, 0.3) is 5.57 Å². The number of fused-ring (bicyclic) bond motifs is 1. The van der Waals surface area contributed by atoms with Crippen LogP contribution in [0.5, 0.6) is 0 Å².